The standard InChI is InChI=1S/C9H13NO2/c1-6(10)9(12)7-3-2-4-8(11)5-7/h2-6,9,11-12H,10H2,1H3/t6-,9?/m0/s1. The van der Waals surface area contributed by atoms with E-state index < -0.39 is 6.10 Å². The summed E-state index contributed by atoms with van der Waals surface area (Å²) >= 11 is 0. The molecule has 0 aromatic heterocycles. The lowest BCUT2D eigenvalue weighted by Gasteiger charge is -2.14. The monoisotopic (exact) mass is 167 g/mol. The van der Waals surface area contributed by atoms with Crippen LogP contribution in [0.15, 0.2) is 24.3 Å². The van der Waals surface area contributed by atoms with Gasteiger partial charge in [-0.25, -0.2) is 0 Å². The highest BCUT2D eigenvalue weighted by atomic mass is 16.3. The van der Waals surface area contributed by atoms with Gasteiger partial charge in [0.15, 0.2) is 0 Å². The Morgan fingerprint density at radius 1 is 1.42 bits per heavy atom. The minimum absolute atomic E-state index is 0.146. The summed E-state index contributed by atoms with van der Waals surface area (Å²) in [7, 11) is 0. The number of phenols is 1. The van der Waals surface area contributed by atoms with Crippen molar-refractivity contribution in [3.05, 3.63) is 29.8 Å². The van der Waals surface area contributed by atoms with Gasteiger partial charge in [0.05, 0.1) is 6.10 Å². The van der Waals surface area contributed by atoms with Crippen LogP contribution in [0.2, 0.25) is 0 Å². The zero-order chi connectivity index (χ0) is 9.14. The van der Waals surface area contributed by atoms with Crippen molar-refractivity contribution in [1.82, 2.24) is 0 Å². The fourth-order valence-corrected chi connectivity index (χ4v) is 1.01. The zero-order valence-corrected chi connectivity index (χ0v) is 6.94. The predicted octanol–water partition coefficient (Wildman–Crippen LogP) is 0.773. The second kappa shape index (κ2) is 3.56. The summed E-state index contributed by atoms with van der Waals surface area (Å²) in [5, 5.41) is 18.6. The molecule has 0 saturated carbocycles. The molecule has 0 aliphatic heterocycles. The summed E-state index contributed by atoms with van der Waals surface area (Å²) in [6, 6.07) is 6.14. The van der Waals surface area contributed by atoms with Gasteiger partial charge in [0.2, 0.25) is 0 Å². The quantitative estimate of drug-likeness (QED) is 0.609. The lowest BCUT2D eigenvalue weighted by molar-refractivity contribution is 0.153. The number of nitrogens with two attached hydrogens (primary N) is 1. The van der Waals surface area contributed by atoms with Gasteiger partial charge in [0, 0.05) is 6.04 Å². The van der Waals surface area contributed by atoms with Crippen LogP contribution >= 0.6 is 0 Å². The Morgan fingerprint density at radius 3 is 2.58 bits per heavy atom. The molecule has 3 heteroatoms. The first-order valence-corrected chi connectivity index (χ1v) is 3.84. The average molecular weight is 167 g/mol. The molecule has 3 nitrogen and oxygen atoms in total. The van der Waals surface area contributed by atoms with E-state index >= 15 is 0 Å². The molecule has 1 aromatic carbocycles. The maximum absolute atomic E-state index is 9.49. The Bertz CT molecular complexity index is 260. The molecule has 66 valence electrons. The van der Waals surface area contributed by atoms with E-state index in [0.717, 1.165) is 0 Å². The summed E-state index contributed by atoms with van der Waals surface area (Å²) in [6.07, 6.45) is -0.711. The summed E-state index contributed by atoms with van der Waals surface area (Å²) in [4.78, 5) is 0. The molecule has 0 fully saturated rings. The Labute approximate surface area is 71.5 Å². The molecule has 1 rings (SSSR count). The molecule has 0 saturated heterocycles. The highest BCUT2D eigenvalue weighted by Crippen LogP contribution is 2.19. The number of hydrogen-bond acceptors (Lipinski definition) is 3. The molecule has 1 aromatic rings. The van der Waals surface area contributed by atoms with E-state index in [0.29, 0.717) is 5.56 Å². The molecule has 4 N–H and O–H groups in total. The molecule has 1 unspecified atom stereocenters. The van der Waals surface area contributed by atoms with Crippen molar-refractivity contribution < 1.29 is 10.2 Å². The number of benzene rings is 1. The molecule has 0 aliphatic rings. The van der Waals surface area contributed by atoms with Crippen molar-refractivity contribution >= 4 is 0 Å². The van der Waals surface area contributed by atoms with Gasteiger partial charge in [-0.3, -0.25) is 0 Å². The fraction of sp³-hybridized carbons (Fsp3) is 0.333. The van der Waals surface area contributed by atoms with Crippen molar-refractivity contribution in [1.29, 1.82) is 0 Å². The molecule has 0 aliphatic carbocycles. The summed E-state index contributed by atoms with van der Waals surface area (Å²) in [5.74, 6) is 0.146. The van der Waals surface area contributed by atoms with Gasteiger partial charge in [-0.1, -0.05) is 12.1 Å². The fourth-order valence-electron chi connectivity index (χ4n) is 1.01. The van der Waals surface area contributed by atoms with E-state index in [9.17, 15) is 5.11 Å². The zero-order valence-electron chi connectivity index (χ0n) is 6.94. The minimum atomic E-state index is -0.711. The molecule has 0 heterocycles. The van der Waals surface area contributed by atoms with Gasteiger partial charge in [0.1, 0.15) is 5.75 Å². The van der Waals surface area contributed by atoms with Gasteiger partial charge in [-0.2, -0.15) is 0 Å². The van der Waals surface area contributed by atoms with Crippen LogP contribution in [0.5, 0.6) is 5.75 Å². The molecular formula is C9H13NO2. The van der Waals surface area contributed by atoms with Crippen molar-refractivity contribution in [2.75, 3.05) is 0 Å². The number of aliphatic hydroxyl groups excluding tert-OH is 1. The average Bonchev–Trinajstić information content (AvgIpc) is 2.03. The van der Waals surface area contributed by atoms with Gasteiger partial charge < -0.3 is 15.9 Å². The van der Waals surface area contributed by atoms with Crippen LogP contribution in [0.3, 0.4) is 0 Å². The van der Waals surface area contributed by atoms with Crippen molar-refractivity contribution in [3.8, 4) is 5.75 Å². The topological polar surface area (TPSA) is 66.5 Å². The molecular weight excluding hydrogens is 154 g/mol. The maximum Gasteiger partial charge on any atom is 0.115 e. The van der Waals surface area contributed by atoms with E-state index in [1.807, 2.05) is 0 Å². The lowest BCUT2D eigenvalue weighted by Crippen LogP contribution is -2.24. The predicted molar refractivity (Wildman–Crippen MR) is 46.7 cm³/mol. The van der Waals surface area contributed by atoms with Crippen LogP contribution in [-0.4, -0.2) is 16.3 Å². The van der Waals surface area contributed by atoms with Gasteiger partial charge in [-0.05, 0) is 24.6 Å². The third-order valence-corrected chi connectivity index (χ3v) is 1.71. The van der Waals surface area contributed by atoms with Gasteiger partial charge >= 0.3 is 0 Å². The first-order chi connectivity index (χ1) is 5.61. The Kier molecular flexibility index (Phi) is 2.68. The van der Waals surface area contributed by atoms with Crippen molar-refractivity contribution in [2.24, 2.45) is 5.73 Å². The van der Waals surface area contributed by atoms with E-state index in [2.05, 4.69) is 0 Å². The molecule has 2 atom stereocenters. The first-order valence-electron chi connectivity index (χ1n) is 3.84. The second-order valence-corrected chi connectivity index (χ2v) is 2.90. The maximum atomic E-state index is 9.49. The third kappa shape index (κ3) is 1.96. The number of phenolic OH excluding ortho intramolecular Hbond substituents is 1. The molecule has 0 bridgehead atoms. The van der Waals surface area contributed by atoms with Crippen molar-refractivity contribution in [3.63, 3.8) is 0 Å². The van der Waals surface area contributed by atoms with Crippen LogP contribution in [0.25, 0.3) is 0 Å². The summed E-state index contributed by atoms with van der Waals surface area (Å²) in [5.41, 5.74) is 6.13. The molecule has 12 heavy (non-hydrogen) atoms. The van der Waals surface area contributed by atoms with Crippen LogP contribution in [0.4, 0.5) is 0 Å². The van der Waals surface area contributed by atoms with Crippen LogP contribution in [-0.2, 0) is 0 Å². The highest BCUT2D eigenvalue weighted by molar-refractivity contribution is 5.29. The Hall–Kier alpha value is -1.06. The first kappa shape index (κ1) is 9.03. The Balaban J connectivity index is 2.88. The third-order valence-electron chi connectivity index (χ3n) is 1.71. The van der Waals surface area contributed by atoms with Crippen molar-refractivity contribution in [2.45, 2.75) is 19.1 Å². The van der Waals surface area contributed by atoms with Crippen LogP contribution < -0.4 is 5.73 Å². The SMILES string of the molecule is C[C@H](N)C(O)c1cccc(O)c1. The molecule has 0 spiro atoms. The Morgan fingerprint density at radius 2 is 2.08 bits per heavy atom. The minimum Gasteiger partial charge on any atom is -0.508 e. The van der Waals surface area contributed by atoms with Gasteiger partial charge in [-0.15, -0.1) is 0 Å². The van der Waals surface area contributed by atoms with Gasteiger partial charge in [0.25, 0.3) is 0 Å². The highest BCUT2D eigenvalue weighted by Gasteiger charge is 2.11. The number of rotatable bonds is 2. The summed E-state index contributed by atoms with van der Waals surface area (Å²) < 4.78 is 0. The molecule has 0 amide bonds. The second-order valence-electron chi connectivity index (χ2n) is 2.90. The van der Waals surface area contributed by atoms with Crippen LogP contribution in [0.1, 0.15) is 18.6 Å². The largest absolute Gasteiger partial charge is 0.508 e. The van der Waals surface area contributed by atoms with E-state index in [4.69, 9.17) is 10.8 Å². The summed E-state index contributed by atoms with van der Waals surface area (Å²) in [6.45, 7) is 1.72. The van der Waals surface area contributed by atoms with Crippen LogP contribution in [0, 0.1) is 0 Å². The number of hydrogen-bond donors (Lipinski definition) is 3. The smallest absolute Gasteiger partial charge is 0.115 e. The normalized spacial score (nSPS) is 15.6. The van der Waals surface area contributed by atoms with E-state index in [-0.39, 0.29) is 11.8 Å². The number of aliphatic hydroxyl groups is 1. The van der Waals surface area contributed by atoms with E-state index in [1.165, 1.54) is 6.07 Å². The molecule has 0 radical (unpaired) electrons. The number of aromatic hydroxyl groups is 1. The lowest BCUT2D eigenvalue weighted by atomic mass is 10.0. The van der Waals surface area contributed by atoms with E-state index in [1.54, 1.807) is 25.1 Å².